The lowest BCUT2D eigenvalue weighted by molar-refractivity contribution is 1.15. The van der Waals surface area contributed by atoms with Crippen molar-refractivity contribution in [2.45, 2.75) is 0 Å². The molecule has 0 aliphatic rings. The lowest BCUT2D eigenvalue weighted by Crippen LogP contribution is -2.10. The Bertz CT molecular complexity index is 638. The number of benzene rings is 2. The lowest BCUT2D eigenvalue weighted by Gasteiger charge is -2.18. The fourth-order valence-electron chi connectivity index (χ4n) is 2.30. The van der Waals surface area contributed by atoms with Gasteiger partial charge in [0.2, 0.25) is 0 Å². The number of pyridine rings is 1. The minimum absolute atomic E-state index is 0. The first kappa shape index (κ1) is 12.7. The van der Waals surface area contributed by atoms with Crippen molar-refractivity contribution < 1.29 is 0 Å². The number of para-hydroxylation sites is 2. The SMILES string of the molecule is CN(C)c1c2ccccc2nc2ccccc12.Cl. The summed E-state index contributed by atoms with van der Waals surface area (Å²) in [5, 5.41) is 2.41. The number of hydrogen-bond acceptors (Lipinski definition) is 2. The Hall–Kier alpha value is -1.80. The largest absolute Gasteiger partial charge is 0.377 e. The van der Waals surface area contributed by atoms with Crippen LogP contribution >= 0.6 is 12.4 Å². The molecule has 3 heteroatoms. The van der Waals surface area contributed by atoms with Crippen molar-refractivity contribution in [3.05, 3.63) is 48.5 Å². The van der Waals surface area contributed by atoms with E-state index in [4.69, 9.17) is 4.98 Å². The Balaban J connectivity index is 0.00000120. The lowest BCUT2D eigenvalue weighted by atomic mass is 10.1. The number of hydrogen-bond donors (Lipinski definition) is 0. The summed E-state index contributed by atoms with van der Waals surface area (Å²) in [6, 6.07) is 16.6. The highest BCUT2D eigenvalue weighted by Crippen LogP contribution is 2.32. The summed E-state index contributed by atoms with van der Waals surface area (Å²) in [6.45, 7) is 0. The minimum atomic E-state index is 0. The van der Waals surface area contributed by atoms with E-state index in [0.717, 1.165) is 11.0 Å². The first-order valence-corrected chi connectivity index (χ1v) is 5.72. The molecular weight excluding hydrogens is 244 g/mol. The maximum Gasteiger partial charge on any atom is 0.0730 e. The maximum absolute atomic E-state index is 4.69. The number of halogens is 1. The van der Waals surface area contributed by atoms with Crippen molar-refractivity contribution in [1.82, 2.24) is 4.98 Å². The summed E-state index contributed by atoms with van der Waals surface area (Å²) in [5.41, 5.74) is 3.34. The van der Waals surface area contributed by atoms with Gasteiger partial charge in [0, 0.05) is 24.9 Å². The van der Waals surface area contributed by atoms with Gasteiger partial charge in [-0.25, -0.2) is 4.98 Å². The first-order valence-electron chi connectivity index (χ1n) is 5.72. The highest BCUT2D eigenvalue weighted by molar-refractivity contribution is 6.07. The van der Waals surface area contributed by atoms with Crippen LogP contribution in [0.4, 0.5) is 5.69 Å². The Labute approximate surface area is 113 Å². The van der Waals surface area contributed by atoms with Crippen molar-refractivity contribution in [2.24, 2.45) is 0 Å². The predicted molar refractivity (Wildman–Crippen MR) is 80.8 cm³/mol. The molecule has 0 atom stereocenters. The molecule has 2 nitrogen and oxygen atoms in total. The molecule has 0 saturated heterocycles. The second-order valence-electron chi connectivity index (χ2n) is 4.39. The third-order valence-electron chi connectivity index (χ3n) is 3.01. The Morgan fingerprint density at radius 2 is 1.22 bits per heavy atom. The third kappa shape index (κ3) is 1.89. The standard InChI is InChI=1S/C15H14N2.ClH/c1-17(2)15-11-7-3-5-9-13(11)16-14-10-6-4-8-12(14)15;/h3-10H,1-2H3;1H. The van der Waals surface area contributed by atoms with E-state index in [9.17, 15) is 0 Å². The van der Waals surface area contributed by atoms with Crippen LogP contribution in [0.5, 0.6) is 0 Å². The molecule has 1 aromatic heterocycles. The van der Waals surface area contributed by atoms with Gasteiger partial charge in [-0.2, -0.15) is 0 Å². The average Bonchev–Trinajstić information content (AvgIpc) is 2.35. The zero-order valence-corrected chi connectivity index (χ0v) is 11.2. The van der Waals surface area contributed by atoms with E-state index >= 15 is 0 Å². The van der Waals surface area contributed by atoms with E-state index in [1.165, 1.54) is 16.5 Å². The smallest absolute Gasteiger partial charge is 0.0730 e. The summed E-state index contributed by atoms with van der Waals surface area (Å²) < 4.78 is 0. The van der Waals surface area contributed by atoms with Gasteiger partial charge < -0.3 is 4.90 Å². The van der Waals surface area contributed by atoms with Crippen LogP contribution in [0, 0.1) is 0 Å². The van der Waals surface area contributed by atoms with Crippen LogP contribution in [0.3, 0.4) is 0 Å². The molecule has 0 bridgehead atoms. The van der Waals surface area contributed by atoms with Gasteiger partial charge >= 0.3 is 0 Å². The van der Waals surface area contributed by atoms with Gasteiger partial charge in [-0.1, -0.05) is 36.4 Å². The highest BCUT2D eigenvalue weighted by atomic mass is 35.5. The molecular formula is C15H15ClN2. The number of rotatable bonds is 1. The number of nitrogens with zero attached hydrogens (tertiary/aromatic N) is 2. The maximum atomic E-state index is 4.69. The van der Waals surface area contributed by atoms with E-state index in [2.05, 4.69) is 55.4 Å². The van der Waals surface area contributed by atoms with Crippen LogP contribution in [-0.4, -0.2) is 19.1 Å². The molecule has 0 radical (unpaired) electrons. The molecule has 0 aliphatic carbocycles. The molecule has 1 heterocycles. The summed E-state index contributed by atoms with van der Waals surface area (Å²) in [6.07, 6.45) is 0. The molecule has 0 fully saturated rings. The number of anilines is 1. The first-order chi connectivity index (χ1) is 8.27. The van der Waals surface area contributed by atoms with Crippen LogP contribution in [0.25, 0.3) is 21.8 Å². The summed E-state index contributed by atoms with van der Waals surface area (Å²) in [7, 11) is 4.16. The van der Waals surface area contributed by atoms with Gasteiger partial charge in [0.1, 0.15) is 0 Å². The fraction of sp³-hybridized carbons (Fsp3) is 0.133. The topological polar surface area (TPSA) is 16.1 Å². The molecule has 2 aromatic carbocycles. The monoisotopic (exact) mass is 258 g/mol. The molecule has 92 valence electrons. The van der Waals surface area contributed by atoms with Gasteiger partial charge in [0.15, 0.2) is 0 Å². The molecule has 18 heavy (non-hydrogen) atoms. The fourth-order valence-corrected chi connectivity index (χ4v) is 2.30. The Kier molecular flexibility index (Phi) is 3.39. The van der Waals surface area contributed by atoms with Gasteiger partial charge in [-0.15, -0.1) is 12.4 Å². The van der Waals surface area contributed by atoms with E-state index in [0.29, 0.717) is 0 Å². The highest BCUT2D eigenvalue weighted by Gasteiger charge is 2.09. The van der Waals surface area contributed by atoms with Crippen molar-refractivity contribution in [2.75, 3.05) is 19.0 Å². The summed E-state index contributed by atoms with van der Waals surface area (Å²) in [5.74, 6) is 0. The van der Waals surface area contributed by atoms with E-state index in [1.807, 2.05) is 12.1 Å². The second-order valence-corrected chi connectivity index (χ2v) is 4.39. The van der Waals surface area contributed by atoms with E-state index < -0.39 is 0 Å². The van der Waals surface area contributed by atoms with Crippen LogP contribution < -0.4 is 4.90 Å². The van der Waals surface area contributed by atoms with Gasteiger partial charge in [-0.3, -0.25) is 0 Å². The van der Waals surface area contributed by atoms with Crippen LogP contribution in [0.2, 0.25) is 0 Å². The number of aromatic nitrogens is 1. The molecule has 3 rings (SSSR count). The van der Waals surface area contributed by atoms with Gasteiger partial charge in [0.25, 0.3) is 0 Å². The zero-order chi connectivity index (χ0) is 11.8. The molecule has 3 aromatic rings. The van der Waals surface area contributed by atoms with Crippen molar-refractivity contribution in [3.63, 3.8) is 0 Å². The average molecular weight is 259 g/mol. The van der Waals surface area contributed by atoms with Crippen LogP contribution in [-0.2, 0) is 0 Å². The van der Waals surface area contributed by atoms with E-state index in [-0.39, 0.29) is 12.4 Å². The summed E-state index contributed by atoms with van der Waals surface area (Å²) >= 11 is 0. The Morgan fingerprint density at radius 3 is 1.67 bits per heavy atom. The summed E-state index contributed by atoms with van der Waals surface area (Å²) in [4.78, 5) is 6.85. The van der Waals surface area contributed by atoms with Crippen LogP contribution in [0.15, 0.2) is 48.5 Å². The molecule has 0 aliphatic heterocycles. The Morgan fingerprint density at radius 1 is 0.778 bits per heavy atom. The second kappa shape index (κ2) is 4.83. The molecule has 0 saturated carbocycles. The quantitative estimate of drug-likeness (QED) is 0.616. The zero-order valence-electron chi connectivity index (χ0n) is 10.4. The van der Waals surface area contributed by atoms with Crippen molar-refractivity contribution in [3.8, 4) is 0 Å². The number of fused-ring (bicyclic) bond motifs is 2. The molecule has 0 unspecified atom stereocenters. The molecule has 0 spiro atoms. The van der Waals surface area contributed by atoms with Crippen molar-refractivity contribution in [1.29, 1.82) is 0 Å². The molecule has 0 N–H and O–H groups in total. The normalized spacial score (nSPS) is 10.3. The van der Waals surface area contributed by atoms with Gasteiger partial charge in [0.05, 0.1) is 16.7 Å². The van der Waals surface area contributed by atoms with Gasteiger partial charge in [-0.05, 0) is 12.1 Å². The van der Waals surface area contributed by atoms with Crippen molar-refractivity contribution >= 4 is 39.9 Å². The predicted octanol–water partition coefficient (Wildman–Crippen LogP) is 3.88. The minimum Gasteiger partial charge on any atom is -0.377 e. The van der Waals surface area contributed by atoms with E-state index in [1.54, 1.807) is 0 Å². The molecule has 0 amide bonds. The third-order valence-corrected chi connectivity index (χ3v) is 3.01. The van der Waals surface area contributed by atoms with Crippen LogP contribution in [0.1, 0.15) is 0 Å².